The number of anilines is 1. The largest absolute Gasteiger partial charge is 0.380 e. The second kappa shape index (κ2) is 5.57. The normalized spacial score (nSPS) is 23.4. The van der Waals surface area contributed by atoms with Crippen LogP contribution >= 0.6 is 23.5 Å². The molecule has 1 fully saturated rings. The summed E-state index contributed by atoms with van der Waals surface area (Å²) in [5.41, 5.74) is 1.69. The fraction of sp³-hybridized carbons (Fsp3) is 0.571. The third-order valence-electron chi connectivity index (χ3n) is 3.56. The summed E-state index contributed by atoms with van der Waals surface area (Å²) in [6.07, 6.45) is 3.44. The lowest BCUT2D eigenvalue weighted by Crippen LogP contribution is -2.41. The van der Waals surface area contributed by atoms with E-state index in [4.69, 9.17) is 0 Å². The van der Waals surface area contributed by atoms with Crippen LogP contribution in [0.4, 0.5) is 5.69 Å². The van der Waals surface area contributed by atoms with Gasteiger partial charge in [0.15, 0.2) is 0 Å². The highest BCUT2D eigenvalue weighted by Crippen LogP contribution is 2.37. The van der Waals surface area contributed by atoms with Crippen LogP contribution in [0.15, 0.2) is 29.2 Å². The molecule has 0 radical (unpaired) electrons. The molecular weight excluding hydrogens is 246 g/mol. The Balaban J connectivity index is 2.14. The first-order valence-corrected chi connectivity index (χ1v) is 8.49. The molecule has 1 heterocycles. The summed E-state index contributed by atoms with van der Waals surface area (Å²) in [6, 6.07) is 9.19. The van der Waals surface area contributed by atoms with Crippen molar-refractivity contribution in [3.05, 3.63) is 24.3 Å². The van der Waals surface area contributed by atoms with Gasteiger partial charge in [-0.2, -0.15) is 11.8 Å². The van der Waals surface area contributed by atoms with E-state index in [-0.39, 0.29) is 0 Å². The zero-order chi connectivity index (χ0) is 12.3. The Hall–Kier alpha value is -0.280. The summed E-state index contributed by atoms with van der Waals surface area (Å²) in [6.45, 7) is 4.76. The number of nitrogens with one attached hydrogen (secondary N) is 1. The number of rotatable bonds is 3. The minimum Gasteiger partial charge on any atom is -0.380 e. The minimum atomic E-state index is 0.400. The van der Waals surface area contributed by atoms with E-state index in [0.29, 0.717) is 11.5 Å². The van der Waals surface area contributed by atoms with E-state index < -0.39 is 0 Å². The van der Waals surface area contributed by atoms with Crippen molar-refractivity contribution in [1.29, 1.82) is 0 Å². The number of benzene rings is 1. The van der Waals surface area contributed by atoms with Crippen molar-refractivity contribution in [3.8, 4) is 0 Å². The Kier molecular flexibility index (Phi) is 4.31. The standard InChI is InChI=1S/C14H21NS2/c1-14(2)8-9-17-10-13(14)15-11-6-4-5-7-12(11)16-3/h4-7,13,15H,8-10H2,1-3H3. The molecule has 17 heavy (non-hydrogen) atoms. The highest BCUT2D eigenvalue weighted by Gasteiger charge is 2.32. The summed E-state index contributed by atoms with van der Waals surface area (Å²) in [7, 11) is 0. The maximum Gasteiger partial charge on any atom is 0.0480 e. The van der Waals surface area contributed by atoms with Crippen molar-refractivity contribution in [2.45, 2.75) is 31.2 Å². The van der Waals surface area contributed by atoms with Gasteiger partial charge in [-0.1, -0.05) is 26.0 Å². The summed E-state index contributed by atoms with van der Waals surface area (Å²) < 4.78 is 0. The molecule has 0 bridgehead atoms. The Morgan fingerprint density at radius 2 is 2.12 bits per heavy atom. The van der Waals surface area contributed by atoms with E-state index in [1.165, 1.54) is 28.5 Å². The van der Waals surface area contributed by atoms with Crippen molar-refractivity contribution in [2.24, 2.45) is 5.41 Å². The molecule has 94 valence electrons. The smallest absolute Gasteiger partial charge is 0.0480 e. The van der Waals surface area contributed by atoms with Crippen LogP contribution in [0.2, 0.25) is 0 Å². The number of thioether (sulfide) groups is 2. The van der Waals surface area contributed by atoms with Crippen molar-refractivity contribution >= 4 is 29.2 Å². The molecule has 0 aliphatic carbocycles. The lowest BCUT2D eigenvalue weighted by Gasteiger charge is -2.39. The zero-order valence-corrected chi connectivity index (χ0v) is 12.5. The Bertz CT molecular complexity index is 376. The molecule has 1 N–H and O–H groups in total. The van der Waals surface area contributed by atoms with Crippen molar-refractivity contribution < 1.29 is 0 Å². The highest BCUT2D eigenvalue weighted by molar-refractivity contribution is 7.99. The Labute approximate surface area is 113 Å². The number of hydrogen-bond donors (Lipinski definition) is 1. The quantitative estimate of drug-likeness (QED) is 0.818. The van der Waals surface area contributed by atoms with Crippen LogP contribution in [0.5, 0.6) is 0 Å². The van der Waals surface area contributed by atoms with E-state index in [1.54, 1.807) is 0 Å². The van der Waals surface area contributed by atoms with E-state index in [0.717, 1.165) is 0 Å². The zero-order valence-electron chi connectivity index (χ0n) is 10.8. The van der Waals surface area contributed by atoms with Gasteiger partial charge < -0.3 is 5.32 Å². The number of hydrogen-bond acceptors (Lipinski definition) is 3. The average molecular weight is 267 g/mol. The monoisotopic (exact) mass is 267 g/mol. The fourth-order valence-electron chi connectivity index (χ4n) is 2.12. The first kappa shape index (κ1) is 13.2. The molecule has 1 nitrogen and oxygen atoms in total. The fourth-order valence-corrected chi connectivity index (χ4v) is 4.29. The van der Waals surface area contributed by atoms with Gasteiger partial charge in [-0.25, -0.2) is 0 Å². The third kappa shape index (κ3) is 3.14. The molecule has 0 amide bonds. The Morgan fingerprint density at radius 3 is 2.82 bits per heavy atom. The maximum atomic E-state index is 3.75. The summed E-state index contributed by atoms with van der Waals surface area (Å²) in [5, 5.41) is 3.75. The predicted octanol–water partition coefficient (Wildman–Crippen LogP) is 4.35. The summed E-state index contributed by atoms with van der Waals surface area (Å²) in [4.78, 5) is 1.35. The number of para-hydroxylation sites is 1. The SMILES string of the molecule is CSc1ccccc1NC1CSCCC1(C)C. The van der Waals surface area contributed by atoms with Crippen LogP contribution < -0.4 is 5.32 Å². The molecule has 0 spiro atoms. The van der Waals surface area contributed by atoms with Crippen LogP contribution in [0, 0.1) is 5.41 Å². The molecule has 1 aromatic carbocycles. The van der Waals surface area contributed by atoms with Crippen LogP contribution in [-0.4, -0.2) is 23.8 Å². The molecule has 1 aromatic rings. The second-order valence-electron chi connectivity index (χ2n) is 5.21. The average Bonchev–Trinajstić information content (AvgIpc) is 2.32. The van der Waals surface area contributed by atoms with Gasteiger partial charge in [0.25, 0.3) is 0 Å². The van der Waals surface area contributed by atoms with Crippen molar-refractivity contribution in [3.63, 3.8) is 0 Å². The summed E-state index contributed by atoms with van der Waals surface area (Å²) >= 11 is 3.88. The predicted molar refractivity (Wildman–Crippen MR) is 81.4 cm³/mol. The molecular formula is C14H21NS2. The van der Waals surface area contributed by atoms with Gasteiger partial charge in [-0.3, -0.25) is 0 Å². The molecule has 3 heteroatoms. The highest BCUT2D eigenvalue weighted by atomic mass is 32.2. The first-order valence-electron chi connectivity index (χ1n) is 6.11. The van der Waals surface area contributed by atoms with Crippen molar-refractivity contribution in [1.82, 2.24) is 0 Å². The minimum absolute atomic E-state index is 0.400. The molecule has 0 aromatic heterocycles. The van der Waals surface area contributed by atoms with E-state index in [2.05, 4.69) is 61.4 Å². The van der Waals surface area contributed by atoms with Gasteiger partial charge >= 0.3 is 0 Å². The van der Waals surface area contributed by atoms with Crippen LogP contribution in [0.25, 0.3) is 0 Å². The van der Waals surface area contributed by atoms with Gasteiger partial charge in [0.2, 0.25) is 0 Å². The lowest BCUT2D eigenvalue weighted by atomic mass is 9.82. The second-order valence-corrected chi connectivity index (χ2v) is 7.21. The van der Waals surface area contributed by atoms with Crippen LogP contribution in [-0.2, 0) is 0 Å². The van der Waals surface area contributed by atoms with Gasteiger partial charge in [0, 0.05) is 22.4 Å². The van der Waals surface area contributed by atoms with Crippen LogP contribution in [0.1, 0.15) is 20.3 Å². The van der Waals surface area contributed by atoms with Gasteiger partial charge in [-0.05, 0) is 36.0 Å². The maximum absolute atomic E-state index is 3.75. The van der Waals surface area contributed by atoms with Gasteiger partial charge in [0.1, 0.15) is 0 Å². The molecule has 2 rings (SSSR count). The van der Waals surface area contributed by atoms with E-state index >= 15 is 0 Å². The summed E-state index contributed by atoms with van der Waals surface area (Å²) in [5.74, 6) is 2.52. The molecule has 1 aliphatic rings. The van der Waals surface area contributed by atoms with Gasteiger partial charge in [0.05, 0.1) is 0 Å². The van der Waals surface area contributed by atoms with Gasteiger partial charge in [-0.15, -0.1) is 11.8 Å². The topological polar surface area (TPSA) is 12.0 Å². The lowest BCUT2D eigenvalue weighted by molar-refractivity contribution is 0.305. The third-order valence-corrected chi connectivity index (χ3v) is 5.41. The van der Waals surface area contributed by atoms with Crippen LogP contribution in [0.3, 0.4) is 0 Å². The molecule has 0 saturated carbocycles. The first-order chi connectivity index (χ1) is 8.13. The molecule has 1 saturated heterocycles. The molecule has 1 atom stereocenters. The van der Waals surface area contributed by atoms with Crippen molar-refractivity contribution in [2.75, 3.05) is 23.1 Å². The Morgan fingerprint density at radius 1 is 1.35 bits per heavy atom. The van der Waals surface area contributed by atoms with E-state index in [1.807, 2.05) is 11.8 Å². The molecule has 1 unspecified atom stereocenters. The van der Waals surface area contributed by atoms with E-state index in [9.17, 15) is 0 Å². The molecule has 1 aliphatic heterocycles.